The lowest BCUT2D eigenvalue weighted by molar-refractivity contribution is -0.137. The standard InChI is InChI=1S/C17H14F3NO2/c1-11-5-10-15(23-11)14(3-2-4-16(21)22)12-6-8-13(9-7-12)17(18,19)20/h2-10H,1H3,(H2,21,22). The maximum Gasteiger partial charge on any atom is 0.416 e. The lowest BCUT2D eigenvalue weighted by atomic mass is 10.0. The Morgan fingerprint density at radius 2 is 1.78 bits per heavy atom. The highest BCUT2D eigenvalue weighted by atomic mass is 19.4. The monoisotopic (exact) mass is 321 g/mol. The van der Waals surface area contributed by atoms with Crippen molar-refractivity contribution in [2.45, 2.75) is 13.1 Å². The molecule has 0 saturated heterocycles. The van der Waals surface area contributed by atoms with Crippen LogP contribution in [0.25, 0.3) is 5.57 Å². The summed E-state index contributed by atoms with van der Waals surface area (Å²) in [6.45, 7) is 1.76. The highest BCUT2D eigenvalue weighted by Crippen LogP contribution is 2.31. The minimum atomic E-state index is -4.39. The van der Waals surface area contributed by atoms with Gasteiger partial charge in [-0.2, -0.15) is 13.2 Å². The van der Waals surface area contributed by atoms with E-state index in [9.17, 15) is 18.0 Å². The zero-order valence-electron chi connectivity index (χ0n) is 12.2. The molecule has 1 amide bonds. The van der Waals surface area contributed by atoms with E-state index in [0.717, 1.165) is 18.2 Å². The summed E-state index contributed by atoms with van der Waals surface area (Å²) in [4.78, 5) is 10.8. The molecule has 0 unspecified atom stereocenters. The number of amides is 1. The average Bonchev–Trinajstić information content (AvgIpc) is 2.89. The van der Waals surface area contributed by atoms with Crippen LogP contribution in [-0.2, 0) is 11.0 Å². The van der Waals surface area contributed by atoms with Gasteiger partial charge in [-0.05, 0) is 36.8 Å². The van der Waals surface area contributed by atoms with Gasteiger partial charge >= 0.3 is 6.18 Å². The van der Waals surface area contributed by atoms with Crippen molar-refractivity contribution >= 4 is 11.5 Å². The normalized spacial score (nSPS) is 12.8. The summed E-state index contributed by atoms with van der Waals surface area (Å²) >= 11 is 0. The second kappa shape index (κ2) is 6.56. The maximum atomic E-state index is 12.6. The number of hydrogen-bond donors (Lipinski definition) is 1. The lowest BCUT2D eigenvalue weighted by Gasteiger charge is -2.09. The van der Waals surface area contributed by atoms with Crippen molar-refractivity contribution in [1.29, 1.82) is 0 Å². The van der Waals surface area contributed by atoms with E-state index in [1.165, 1.54) is 18.2 Å². The molecule has 2 aromatic rings. The first-order chi connectivity index (χ1) is 10.8. The van der Waals surface area contributed by atoms with Crippen molar-refractivity contribution in [3.05, 3.63) is 77.3 Å². The molecule has 0 bridgehead atoms. The van der Waals surface area contributed by atoms with E-state index in [2.05, 4.69) is 0 Å². The topological polar surface area (TPSA) is 56.2 Å². The van der Waals surface area contributed by atoms with Gasteiger partial charge in [0, 0.05) is 11.6 Å². The van der Waals surface area contributed by atoms with E-state index >= 15 is 0 Å². The van der Waals surface area contributed by atoms with Gasteiger partial charge in [-0.25, -0.2) is 0 Å². The summed E-state index contributed by atoms with van der Waals surface area (Å²) in [5.74, 6) is 0.525. The molecule has 6 heteroatoms. The van der Waals surface area contributed by atoms with E-state index in [4.69, 9.17) is 10.2 Å². The summed E-state index contributed by atoms with van der Waals surface area (Å²) in [5.41, 5.74) is 5.37. The summed E-state index contributed by atoms with van der Waals surface area (Å²) in [6.07, 6.45) is -0.256. The Labute approximate surface area is 130 Å². The van der Waals surface area contributed by atoms with Gasteiger partial charge in [0.1, 0.15) is 11.5 Å². The molecule has 1 aromatic carbocycles. The SMILES string of the molecule is Cc1ccc(C(=CC=CC(N)=O)c2ccc(C(F)(F)F)cc2)o1. The van der Waals surface area contributed by atoms with Gasteiger partial charge in [0.25, 0.3) is 0 Å². The van der Waals surface area contributed by atoms with E-state index in [-0.39, 0.29) is 0 Å². The quantitative estimate of drug-likeness (QED) is 0.681. The maximum absolute atomic E-state index is 12.6. The van der Waals surface area contributed by atoms with Crippen LogP contribution < -0.4 is 5.73 Å². The fourth-order valence-corrected chi connectivity index (χ4v) is 1.98. The van der Waals surface area contributed by atoms with E-state index in [1.54, 1.807) is 25.1 Å². The van der Waals surface area contributed by atoms with E-state index in [1.807, 2.05) is 0 Å². The number of hydrogen-bond acceptors (Lipinski definition) is 2. The van der Waals surface area contributed by atoms with E-state index in [0.29, 0.717) is 22.7 Å². The highest BCUT2D eigenvalue weighted by Gasteiger charge is 2.30. The van der Waals surface area contributed by atoms with Gasteiger partial charge < -0.3 is 10.2 Å². The molecule has 2 N–H and O–H groups in total. The summed E-state index contributed by atoms with van der Waals surface area (Å²) < 4.78 is 43.4. The molecule has 2 rings (SSSR count). The number of primary amides is 1. The number of alkyl halides is 3. The smallest absolute Gasteiger partial charge is 0.416 e. The Hall–Kier alpha value is -2.76. The van der Waals surface area contributed by atoms with Gasteiger partial charge in [0.2, 0.25) is 5.91 Å². The molecule has 23 heavy (non-hydrogen) atoms. The zero-order chi connectivity index (χ0) is 17.0. The van der Waals surface area contributed by atoms with Gasteiger partial charge in [0.05, 0.1) is 5.56 Å². The van der Waals surface area contributed by atoms with Crippen molar-refractivity contribution in [3.8, 4) is 0 Å². The molecule has 0 spiro atoms. The molecule has 0 saturated carbocycles. The van der Waals surface area contributed by atoms with Crippen LogP contribution >= 0.6 is 0 Å². The molecule has 0 aliphatic heterocycles. The zero-order valence-corrected chi connectivity index (χ0v) is 12.2. The molecule has 0 atom stereocenters. The van der Waals surface area contributed by atoms with Crippen LogP contribution in [-0.4, -0.2) is 5.91 Å². The first-order valence-electron chi connectivity index (χ1n) is 6.69. The second-order valence-electron chi connectivity index (χ2n) is 4.83. The predicted octanol–water partition coefficient (Wildman–Crippen LogP) is 4.08. The van der Waals surface area contributed by atoms with Crippen LogP contribution in [0, 0.1) is 6.92 Å². The fourth-order valence-electron chi connectivity index (χ4n) is 1.98. The minimum absolute atomic E-state index is 0.483. The third-order valence-electron chi connectivity index (χ3n) is 3.05. The Bertz CT molecular complexity index is 753. The van der Waals surface area contributed by atoms with Crippen molar-refractivity contribution in [2.24, 2.45) is 5.73 Å². The molecular formula is C17H14F3NO2. The number of halogens is 3. The largest absolute Gasteiger partial charge is 0.461 e. The van der Waals surface area contributed by atoms with Crippen LogP contribution in [0.1, 0.15) is 22.6 Å². The van der Waals surface area contributed by atoms with Gasteiger partial charge in [-0.3, -0.25) is 4.79 Å². The third kappa shape index (κ3) is 4.35. The molecule has 120 valence electrons. The Morgan fingerprint density at radius 1 is 1.13 bits per heavy atom. The molecule has 1 aromatic heterocycles. The Kier molecular flexibility index (Phi) is 4.74. The predicted molar refractivity (Wildman–Crippen MR) is 80.3 cm³/mol. The summed E-state index contributed by atoms with van der Waals surface area (Å²) in [7, 11) is 0. The fraction of sp³-hybridized carbons (Fsp3) is 0.118. The number of furan rings is 1. The van der Waals surface area contributed by atoms with Crippen LogP contribution in [0.5, 0.6) is 0 Å². The molecule has 0 aliphatic rings. The van der Waals surface area contributed by atoms with E-state index < -0.39 is 17.6 Å². The number of rotatable bonds is 4. The van der Waals surface area contributed by atoms with Gasteiger partial charge in [-0.1, -0.05) is 24.3 Å². The number of allylic oxidation sites excluding steroid dienone is 2. The van der Waals surface area contributed by atoms with Gasteiger partial charge in [-0.15, -0.1) is 0 Å². The second-order valence-corrected chi connectivity index (χ2v) is 4.83. The minimum Gasteiger partial charge on any atom is -0.461 e. The Morgan fingerprint density at radius 3 is 2.26 bits per heavy atom. The molecule has 1 heterocycles. The number of nitrogens with two attached hydrogens (primary N) is 1. The van der Waals surface area contributed by atoms with Crippen molar-refractivity contribution in [3.63, 3.8) is 0 Å². The first kappa shape index (κ1) is 16.6. The van der Waals surface area contributed by atoms with Crippen molar-refractivity contribution in [2.75, 3.05) is 0 Å². The summed E-state index contributed by atoms with van der Waals surface area (Å²) in [5, 5.41) is 0. The molecule has 0 fully saturated rings. The molecule has 0 aliphatic carbocycles. The molecule has 0 radical (unpaired) electrons. The average molecular weight is 321 g/mol. The summed E-state index contributed by atoms with van der Waals surface area (Å²) in [6, 6.07) is 8.14. The van der Waals surface area contributed by atoms with Gasteiger partial charge in [0.15, 0.2) is 0 Å². The van der Waals surface area contributed by atoms with Crippen molar-refractivity contribution < 1.29 is 22.4 Å². The van der Waals surface area contributed by atoms with Crippen molar-refractivity contribution in [1.82, 2.24) is 0 Å². The first-order valence-corrected chi connectivity index (χ1v) is 6.69. The van der Waals surface area contributed by atoms with Crippen LogP contribution in [0.3, 0.4) is 0 Å². The molecule has 3 nitrogen and oxygen atoms in total. The highest BCUT2D eigenvalue weighted by molar-refractivity contribution is 5.87. The number of carbonyl (C=O) groups is 1. The van der Waals surface area contributed by atoms with Crippen LogP contribution in [0.15, 0.2) is 59.0 Å². The number of aryl methyl sites for hydroxylation is 1. The number of benzene rings is 1. The van der Waals surface area contributed by atoms with Crippen LogP contribution in [0.2, 0.25) is 0 Å². The lowest BCUT2D eigenvalue weighted by Crippen LogP contribution is -2.05. The third-order valence-corrected chi connectivity index (χ3v) is 3.05. The van der Waals surface area contributed by atoms with Crippen LogP contribution in [0.4, 0.5) is 13.2 Å². The Balaban J connectivity index is 2.43. The number of carbonyl (C=O) groups excluding carboxylic acids is 1. The molecular weight excluding hydrogens is 307 g/mol.